The zero-order chi connectivity index (χ0) is 21.5. The van der Waals surface area contributed by atoms with Gasteiger partial charge in [-0.15, -0.1) is 0 Å². The number of carbonyl (C=O) groups excluding carboxylic acids is 1. The van der Waals surface area contributed by atoms with Crippen molar-refractivity contribution >= 4 is 5.91 Å². The van der Waals surface area contributed by atoms with E-state index in [0.29, 0.717) is 24.8 Å². The van der Waals surface area contributed by atoms with E-state index in [9.17, 15) is 4.79 Å². The number of hydrogen-bond acceptors (Lipinski definition) is 3. The molecular weight excluding hydrogens is 386 g/mol. The van der Waals surface area contributed by atoms with Gasteiger partial charge in [-0.3, -0.25) is 4.79 Å². The quantitative estimate of drug-likeness (QED) is 0.356. The number of unbranched alkanes of at least 4 members (excludes halogenated alkanes) is 1. The van der Waals surface area contributed by atoms with Crippen molar-refractivity contribution < 1.29 is 13.9 Å². The van der Waals surface area contributed by atoms with E-state index in [0.717, 1.165) is 48.3 Å². The van der Waals surface area contributed by atoms with Gasteiger partial charge >= 0.3 is 0 Å². The number of hydrogen-bond donors (Lipinski definition) is 0. The Morgan fingerprint density at radius 2 is 1.87 bits per heavy atom. The van der Waals surface area contributed by atoms with Crippen molar-refractivity contribution in [1.29, 1.82) is 0 Å². The molecule has 1 aromatic heterocycles. The number of ether oxygens (including phenoxy) is 1. The van der Waals surface area contributed by atoms with E-state index in [4.69, 9.17) is 9.15 Å². The Morgan fingerprint density at radius 3 is 2.58 bits per heavy atom. The lowest BCUT2D eigenvalue weighted by atomic mass is 10.1. The lowest BCUT2D eigenvalue weighted by Gasteiger charge is -2.24. The number of amides is 1. The summed E-state index contributed by atoms with van der Waals surface area (Å²) in [5.74, 6) is 1.71. The molecule has 2 aromatic carbocycles. The van der Waals surface area contributed by atoms with Crippen LogP contribution in [0, 0.1) is 0 Å². The highest BCUT2D eigenvalue weighted by Gasteiger charge is 2.33. The molecule has 0 saturated heterocycles. The molecule has 0 unspecified atom stereocenters. The highest BCUT2D eigenvalue weighted by Crippen LogP contribution is 2.32. The minimum Gasteiger partial charge on any atom is -0.489 e. The number of carbonyl (C=O) groups is 1. The van der Waals surface area contributed by atoms with Crippen LogP contribution in [0.15, 0.2) is 83.5 Å². The van der Waals surface area contributed by atoms with Crippen molar-refractivity contribution in [3.63, 3.8) is 0 Å². The van der Waals surface area contributed by atoms with Crippen LogP contribution in [0.3, 0.4) is 0 Å². The smallest absolute Gasteiger partial charge is 0.254 e. The summed E-state index contributed by atoms with van der Waals surface area (Å²) in [7, 11) is 0. The molecule has 3 aromatic rings. The minimum atomic E-state index is 0.0612. The van der Waals surface area contributed by atoms with Crippen LogP contribution in [-0.4, -0.2) is 23.5 Å². The predicted molar refractivity (Wildman–Crippen MR) is 123 cm³/mol. The molecule has 0 spiro atoms. The summed E-state index contributed by atoms with van der Waals surface area (Å²) in [5, 5.41) is 0. The Hall–Kier alpha value is -3.27. The van der Waals surface area contributed by atoms with Crippen molar-refractivity contribution in [3.05, 3.63) is 90.2 Å². The Bertz CT molecular complexity index is 1000. The van der Waals surface area contributed by atoms with Gasteiger partial charge in [0.05, 0.1) is 6.26 Å². The van der Waals surface area contributed by atoms with Gasteiger partial charge in [0.15, 0.2) is 0 Å². The largest absolute Gasteiger partial charge is 0.489 e. The molecule has 0 aliphatic heterocycles. The predicted octanol–water partition coefficient (Wildman–Crippen LogP) is 6.49. The SMILES string of the molecule is CCC/C=C/COc1ccccc1CN(C(=O)c1ccc(-c2ccco2)cc1)C1CC1. The van der Waals surface area contributed by atoms with Gasteiger partial charge in [-0.25, -0.2) is 0 Å². The van der Waals surface area contributed by atoms with E-state index in [-0.39, 0.29) is 5.91 Å². The molecule has 4 heteroatoms. The third-order valence-corrected chi connectivity index (χ3v) is 5.46. The van der Waals surface area contributed by atoms with Crippen LogP contribution in [0.5, 0.6) is 5.75 Å². The molecule has 0 bridgehead atoms. The maximum absolute atomic E-state index is 13.3. The molecule has 4 nitrogen and oxygen atoms in total. The zero-order valence-corrected chi connectivity index (χ0v) is 18.0. The Balaban J connectivity index is 1.47. The molecule has 0 radical (unpaired) electrons. The molecule has 1 fully saturated rings. The number of para-hydroxylation sites is 1. The van der Waals surface area contributed by atoms with Crippen molar-refractivity contribution in [2.45, 2.75) is 45.2 Å². The molecule has 0 atom stereocenters. The van der Waals surface area contributed by atoms with Gasteiger partial charge < -0.3 is 14.1 Å². The van der Waals surface area contributed by atoms with Crippen molar-refractivity contribution in [1.82, 2.24) is 4.90 Å². The van der Waals surface area contributed by atoms with Crippen LogP contribution in [-0.2, 0) is 6.54 Å². The van der Waals surface area contributed by atoms with Gasteiger partial charge in [0.1, 0.15) is 18.1 Å². The highest BCUT2D eigenvalue weighted by molar-refractivity contribution is 5.95. The van der Waals surface area contributed by atoms with Crippen molar-refractivity contribution in [2.75, 3.05) is 6.61 Å². The number of benzene rings is 2. The third-order valence-electron chi connectivity index (χ3n) is 5.46. The molecule has 1 aliphatic rings. The summed E-state index contributed by atoms with van der Waals surface area (Å²) in [4.78, 5) is 15.3. The topological polar surface area (TPSA) is 42.7 Å². The second kappa shape index (κ2) is 10.2. The second-order valence-electron chi connectivity index (χ2n) is 7.90. The summed E-state index contributed by atoms with van der Waals surface area (Å²) >= 11 is 0. The van der Waals surface area contributed by atoms with Crippen LogP contribution in [0.2, 0.25) is 0 Å². The lowest BCUT2D eigenvalue weighted by molar-refractivity contribution is 0.0728. The number of rotatable bonds is 10. The minimum absolute atomic E-state index is 0.0612. The van der Waals surface area contributed by atoms with Crippen LogP contribution in [0.25, 0.3) is 11.3 Å². The maximum Gasteiger partial charge on any atom is 0.254 e. The van der Waals surface area contributed by atoms with E-state index in [2.05, 4.69) is 19.1 Å². The van der Waals surface area contributed by atoms with Gasteiger partial charge in [-0.2, -0.15) is 0 Å². The van der Waals surface area contributed by atoms with Crippen LogP contribution in [0.4, 0.5) is 0 Å². The molecule has 1 saturated carbocycles. The van der Waals surface area contributed by atoms with Gasteiger partial charge in [0.2, 0.25) is 0 Å². The fourth-order valence-corrected chi connectivity index (χ4v) is 3.59. The van der Waals surface area contributed by atoms with E-state index in [1.807, 2.05) is 65.6 Å². The molecular formula is C27H29NO3. The molecule has 1 amide bonds. The van der Waals surface area contributed by atoms with Gasteiger partial charge in [-0.1, -0.05) is 55.8 Å². The molecule has 4 rings (SSSR count). The summed E-state index contributed by atoms with van der Waals surface area (Å²) < 4.78 is 11.4. The first kappa shape index (κ1) is 21.0. The van der Waals surface area contributed by atoms with Crippen LogP contribution >= 0.6 is 0 Å². The number of allylic oxidation sites excluding steroid dienone is 1. The summed E-state index contributed by atoms with van der Waals surface area (Å²) in [6.07, 6.45) is 10.2. The van der Waals surface area contributed by atoms with Crippen molar-refractivity contribution in [2.24, 2.45) is 0 Å². The summed E-state index contributed by atoms with van der Waals surface area (Å²) in [6, 6.07) is 19.7. The average Bonchev–Trinajstić information content (AvgIpc) is 3.50. The van der Waals surface area contributed by atoms with Gasteiger partial charge in [0, 0.05) is 29.3 Å². The zero-order valence-electron chi connectivity index (χ0n) is 18.0. The Kier molecular flexibility index (Phi) is 6.88. The Labute approximate surface area is 184 Å². The summed E-state index contributed by atoms with van der Waals surface area (Å²) in [5.41, 5.74) is 2.70. The molecule has 1 heterocycles. The number of furan rings is 1. The van der Waals surface area contributed by atoms with E-state index in [1.54, 1.807) is 6.26 Å². The first-order valence-electron chi connectivity index (χ1n) is 11.1. The first-order valence-corrected chi connectivity index (χ1v) is 11.1. The molecule has 31 heavy (non-hydrogen) atoms. The van der Waals surface area contributed by atoms with E-state index in [1.165, 1.54) is 0 Å². The monoisotopic (exact) mass is 415 g/mol. The number of nitrogens with zero attached hydrogens (tertiary/aromatic N) is 1. The fourth-order valence-electron chi connectivity index (χ4n) is 3.59. The Morgan fingerprint density at radius 1 is 1.06 bits per heavy atom. The maximum atomic E-state index is 13.3. The first-order chi connectivity index (χ1) is 15.3. The van der Waals surface area contributed by atoms with Crippen LogP contribution < -0.4 is 4.74 Å². The van der Waals surface area contributed by atoms with Crippen LogP contribution in [0.1, 0.15) is 48.5 Å². The lowest BCUT2D eigenvalue weighted by Crippen LogP contribution is -2.32. The fraction of sp³-hybridized carbons (Fsp3) is 0.296. The highest BCUT2D eigenvalue weighted by atomic mass is 16.5. The second-order valence-corrected chi connectivity index (χ2v) is 7.90. The van der Waals surface area contributed by atoms with E-state index < -0.39 is 0 Å². The van der Waals surface area contributed by atoms with Gasteiger partial charge in [-0.05, 0) is 49.6 Å². The third kappa shape index (κ3) is 5.46. The summed E-state index contributed by atoms with van der Waals surface area (Å²) in [6.45, 7) is 3.26. The molecule has 0 N–H and O–H groups in total. The normalized spacial score (nSPS) is 13.5. The van der Waals surface area contributed by atoms with E-state index >= 15 is 0 Å². The van der Waals surface area contributed by atoms with Gasteiger partial charge in [0.25, 0.3) is 5.91 Å². The molecule has 160 valence electrons. The molecule has 1 aliphatic carbocycles. The average molecular weight is 416 g/mol. The standard InChI is InChI=1S/C27H29NO3/c1-2-3-4-7-18-30-26-10-6-5-9-23(26)20-28(24-16-17-24)27(29)22-14-12-21(13-15-22)25-11-8-19-31-25/h4-15,19,24H,2-3,16-18,20H2,1H3/b7-4+. The van der Waals surface area contributed by atoms with Crippen molar-refractivity contribution in [3.8, 4) is 17.1 Å².